The van der Waals surface area contributed by atoms with Crippen LogP contribution in [-0.4, -0.2) is 37.4 Å². The molecule has 1 aliphatic rings. The van der Waals surface area contributed by atoms with Gasteiger partial charge in [0.05, 0.1) is 22.5 Å². The number of aryl methyl sites for hydroxylation is 3. The maximum atomic E-state index is 13.5. The molecule has 0 amide bonds. The van der Waals surface area contributed by atoms with Gasteiger partial charge in [-0.2, -0.15) is 23.5 Å². The van der Waals surface area contributed by atoms with E-state index >= 15 is 0 Å². The molecule has 1 aliphatic carbocycles. The van der Waals surface area contributed by atoms with Crippen LogP contribution in [0.25, 0.3) is 11.0 Å². The summed E-state index contributed by atoms with van der Waals surface area (Å²) in [5.41, 5.74) is 3.77. The number of benzene rings is 2. The molecule has 190 valence electrons. The fourth-order valence-electron chi connectivity index (χ4n) is 4.57. The van der Waals surface area contributed by atoms with E-state index in [1.54, 1.807) is 48.3 Å². The number of aromatic nitrogens is 6. The molecule has 0 saturated carbocycles. The predicted octanol–water partition coefficient (Wildman–Crippen LogP) is 4.06. The summed E-state index contributed by atoms with van der Waals surface area (Å²) in [4.78, 5) is 9.46. The van der Waals surface area contributed by atoms with Crippen LogP contribution in [0.1, 0.15) is 29.2 Å². The molecule has 3 heterocycles. The van der Waals surface area contributed by atoms with Crippen LogP contribution in [0.3, 0.4) is 0 Å². The van der Waals surface area contributed by atoms with Crippen molar-refractivity contribution < 1.29 is 8.42 Å². The summed E-state index contributed by atoms with van der Waals surface area (Å²) in [7, 11) is -2.12. The monoisotopic (exact) mass is 534 g/mol. The van der Waals surface area contributed by atoms with Gasteiger partial charge in [-0.15, -0.1) is 5.10 Å². The van der Waals surface area contributed by atoms with Crippen LogP contribution in [0, 0.1) is 6.92 Å². The SMILES string of the molecule is Cc1ccc(S(=O)(=O)n2ccc3c(N[C@H]4CCc5ccccc54)nc(Nc4cn(C)nn4)nc32)cc1.S. The minimum absolute atomic E-state index is 0. The lowest BCUT2D eigenvalue weighted by atomic mass is 10.1. The quantitative estimate of drug-likeness (QED) is 0.335. The van der Waals surface area contributed by atoms with Crippen LogP contribution in [0.4, 0.5) is 17.6 Å². The predicted molar refractivity (Wildman–Crippen MR) is 147 cm³/mol. The second-order valence-corrected chi connectivity index (χ2v) is 10.7. The van der Waals surface area contributed by atoms with Crippen molar-refractivity contribution in [3.05, 3.63) is 83.7 Å². The maximum absolute atomic E-state index is 13.5. The molecule has 0 fully saturated rings. The second kappa shape index (κ2) is 9.52. The van der Waals surface area contributed by atoms with Crippen molar-refractivity contribution in [1.82, 2.24) is 28.9 Å². The van der Waals surface area contributed by atoms with Crippen LogP contribution < -0.4 is 10.6 Å². The Morgan fingerprint density at radius 3 is 2.57 bits per heavy atom. The van der Waals surface area contributed by atoms with E-state index in [1.165, 1.54) is 21.3 Å². The number of nitrogens with one attached hydrogen (secondary N) is 2. The minimum atomic E-state index is -3.88. The zero-order valence-corrected chi connectivity index (χ0v) is 22.1. The van der Waals surface area contributed by atoms with Crippen LogP contribution in [0.5, 0.6) is 0 Å². The normalized spacial score (nSPS) is 14.8. The third kappa shape index (κ3) is 4.53. The van der Waals surface area contributed by atoms with Crippen molar-refractivity contribution in [3.63, 3.8) is 0 Å². The zero-order chi connectivity index (χ0) is 24.9. The van der Waals surface area contributed by atoms with Crippen molar-refractivity contribution >= 4 is 52.1 Å². The van der Waals surface area contributed by atoms with Crippen LogP contribution in [0.15, 0.2) is 71.9 Å². The molecule has 2 aromatic carbocycles. The lowest BCUT2D eigenvalue weighted by Crippen LogP contribution is -2.14. The van der Waals surface area contributed by atoms with Gasteiger partial charge in [-0.25, -0.2) is 12.4 Å². The zero-order valence-electron chi connectivity index (χ0n) is 20.3. The maximum Gasteiger partial charge on any atom is 0.269 e. The number of nitrogens with zero attached hydrogens (tertiary/aromatic N) is 6. The minimum Gasteiger partial charge on any atom is -0.363 e. The van der Waals surface area contributed by atoms with Crippen LogP contribution >= 0.6 is 13.5 Å². The molecule has 10 nitrogen and oxygen atoms in total. The van der Waals surface area contributed by atoms with E-state index in [0.29, 0.717) is 17.0 Å². The fourth-order valence-corrected chi connectivity index (χ4v) is 5.86. The highest BCUT2D eigenvalue weighted by atomic mass is 32.2. The van der Waals surface area contributed by atoms with E-state index in [9.17, 15) is 8.42 Å². The highest BCUT2D eigenvalue weighted by Crippen LogP contribution is 2.36. The molecule has 5 aromatic rings. The Bertz CT molecular complexity index is 1690. The second-order valence-electron chi connectivity index (χ2n) is 8.90. The van der Waals surface area contributed by atoms with Gasteiger partial charge in [0.25, 0.3) is 10.0 Å². The van der Waals surface area contributed by atoms with E-state index in [1.807, 2.05) is 19.1 Å². The van der Waals surface area contributed by atoms with Crippen molar-refractivity contribution in [2.75, 3.05) is 10.6 Å². The van der Waals surface area contributed by atoms with Crippen LogP contribution in [-0.2, 0) is 23.5 Å². The summed E-state index contributed by atoms with van der Waals surface area (Å²) in [5.74, 6) is 1.22. The number of fused-ring (bicyclic) bond motifs is 2. The van der Waals surface area contributed by atoms with E-state index in [2.05, 4.69) is 38.1 Å². The molecule has 12 heteroatoms. The summed E-state index contributed by atoms with van der Waals surface area (Å²) in [6.07, 6.45) is 5.10. The molecule has 2 N–H and O–H groups in total. The lowest BCUT2D eigenvalue weighted by molar-refractivity contribution is 0.589. The summed E-state index contributed by atoms with van der Waals surface area (Å²) >= 11 is 0. The number of rotatable bonds is 6. The van der Waals surface area contributed by atoms with Gasteiger partial charge in [0.2, 0.25) is 5.95 Å². The molecule has 1 atom stereocenters. The molecule has 0 aliphatic heterocycles. The van der Waals surface area contributed by atoms with Crippen molar-refractivity contribution in [2.45, 2.75) is 30.7 Å². The summed E-state index contributed by atoms with van der Waals surface area (Å²) in [6, 6.07) is 16.9. The van der Waals surface area contributed by atoms with Gasteiger partial charge >= 0.3 is 0 Å². The smallest absolute Gasteiger partial charge is 0.269 e. The van der Waals surface area contributed by atoms with Gasteiger partial charge in [0.1, 0.15) is 5.82 Å². The van der Waals surface area contributed by atoms with Crippen molar-refractivity contribution in [1.29, 1.82) is 0 Å². The summed E-state index contributed by atoms with van der Waals surface area (Å²) in [5, 5.41) is 15.2. The van der Waals surface area contributed by atoms with Gasteiger partial charge in [-0.1, -0.05) is 47.2 Å². The molecule has 0 bridgehead atoms. The van der Waals surface area contributed by atoms with Gasteiger partial charge in [-0.05, 0) is 49.1 Å². The first-order valence-corrected chi connectivity index (χ1v) is 13.0. The fraction of sp³-hybridized carbons (Fsp3) is 0.200. The van der Waals surface area contributed by atoms with E-state index < -0.39 is 10.0 Å². The molecule has 0 unspecified atom stereocenters. The first-order chi connectivity index (χ1) is 17.4. The Balaban J connectivity index is 0.00000280. The Morgan fingerprint density at radius 2 is 1.81 bits per heavy atom. The third-order valence-corrected chi connectivity index (χ3v) is 8.06. The van der Waals surface area contributed by atoms with E-state index in [0.717, 1.165) is 18.4 Å². The van der Waals surface area contributed by atoms with Crippen LogP contribution in [0.2, 0.25) is 0 Å². The Morgan fingerprint density at radius 1 is 1.03 bits per heavy atom. The summed E-state index contributed by atoms with van der Waals surface area (Å²) < 4.78 is 29.9. The van der Waals surface area contributed by atoms with Gasteiger partial charge < -0.3 is 10.6 Å². The molecular formula is C25H26N8O2S2. The molecule has 0 saturated heterocycles. The highest BCUT2D eigenvalue weighted by molar-refractivity contribution is 7.90. The average molecular weight is 535 g/mol. The molecule has 3 aromatic heterocycles. The number of anilines is 3. The average Bonchev–Trinajstić information content (AvgIpc) is 3.58. The van der Waals surface area contributed by atoms with Crippen molar-refractivity contribution in [3.8, 4) is 0 Å². The Hall–Kier alpha value is -3.90. The molecule has 37 heavy (non-hydrogen) atoms. The molecular weight excluding hydrogens is 508 g/mol. The largest absolute Gasteiger partial charge is 0.363 e. The van der Waals surface area contributed by atoms with Crippen molar-refractivity contribution in [2.24, 2.45) is 7.05 Å². The topological polar surface area (TPSA) is 120 Å². The van der Waals surface area contributed by atoms with E-state index in [-0.39, 0.29) is 36.0 Å². The summed E-state index contributed by atoms with van der Waals surface area (Å²) in [6.45, 7) is 1.91. The Kier molecular flexibility index (Phi) is 6.38. The van der Waals surface area contributed by atoms with Gasteiger partial charge in [0, 0.05) is 13.2 Å². The number of hydrogen-bond donors (Lipinski definition) is 2. The van der Waals surface area contributed by atoms with E-state index in [4.69, 9.17) is 4.98 Å². The first-order valence-electron chi connectivity index (χ1n) is 11.6. The third-order valence-electron chi connectivity index (χ3n) is 6.38. The molecule has 6 rings (SSSR count). The standard InChI is InChI=1S/C25H24N8O2S.H2S/c1-16-7-10-18(11-8-16)36(34,35)33-14-13-20-23(26-21-12-9-17-5-3-4-6-19(17)21)28-25(29-24(20)33)27-22-15-32(2)31-30-22;/h3-8,10-11,13-15,21H,9,12H2,1-2H3,(H2,26,27,28,29);1H2/t21-;/m0./s1. The highest BCUT2D eigenvalue weighted by Gasteiger charge is 2.26. The molecule has 0 radical (unpaired) electrons. The Labute approximate surface area is 221 Å². The van der Waals surface area contributed by atoms with Gasteiger partial charge in [0.15, 0.2) is 11.5 Å². The first kappa shape index (κ1) is 24.8. The van der Waals surface area contributed by atoms with Gasteiger partial charge in [-0.3, -0.25) is 4.68 Å². The molecule has 0 spiro atoms. The lowest BCUT2D eigenvalue weighted by Gasteiger charge is -2.17. The number of hydrogen-bond acceptors (Lipinski definition) is 8.